The predicted molar refractivity (Wildman–Crippen MR) is 340 cm³/mol. The molecule has 480 valence electrons. The first-order chi connectivity index (χ1) is 40.6. The molecule has 0 aromatic carbocycles. The summed E-state index contributed by atoms with van der Waals surface area (Å²) >= 11 is 0. The summed E-state index contributed by atoms with van der Waals surface area (Å²) in [7, 11) is 0. The number of hydrogen-bond acceptors (Lipinski definition) is 11. The van der Waals surface area contributed by atoms with Gasteiger partial charge in [0.15, 0.2) is 24.6 Å². The van der Waals surface area contributed by atoms with Crippen molar-refractivity contribution in [2.75, 3.05) is 13.2 Å². The third kappa shape index (κ3) is 48.3. The first kappa shape index (κ1) is 77.4. The number of unbranched alkanes of at least 4 members (excludes halogenated alkanes) is 35. The van der Waals surface area contributed by atoms with Crippen LogP contribution in [-0.4, -0.2) is 89.2 Å². The van der Waals surface area contributed by atoms with Gasteiger partial charge in [-0.1, -0.05) is 248 Å². The number of aliphatic hydroxyl groups is 2. The molecule has 0 spiro atoms. The summed E-state index contributed by atoms with van der Waals surface area (Å²) in [5, 5.41) is 31.6. The average molecular weight is 1170 g/mol. The maximum absolute atomic E-state index is 13.2. The molecule has 1 fully saturated rings. The van der Waals surface area contributed by atoms with Gasteiger partial charge in [0.25, 0.3) is 0 Å². The van der Waals surface area contributed by atoms with Crippen molar-refractivity contribution in [3.05, 3.63) is 60.8 Å². The van der Waals surface area contributed by atoms with Crippen molar-refractivity contribution >= 4 is 23.9 Å². The number of carbonyl (C=O) groups is 4. The lowest BCUT2D eigenvalue weighted by Crippen LogP contribution is -2.61. The number of ether oxygens (including phenoxy) is 5. The van der Waals surface area contributed by atoms with Gasteiger partial charge in [-0.15, -0.1) is 0 Å². The number of carboxylic acid groups (broad SMARTS) is 1. The molecular formula is C71H124O12. The van der Waals surface area contributed by atoms with E-state index in [1.54, 1.807) is 0 Å². The number of aliphatic hydroxyl groups excluding tert-OH is 2. The number of esters is 3. The lowest BCUT2D eigenvalue weighted by molar-refractivity contribution is -0.301. The Balaban J connectivity index is 2.64. The largest absolute Gasteiger partial charge is 0.479 e. The average Bonchev–Trinajstić information content (AvgIpc) is 3.55. The second-order valence-electron chi connectivity index (χ2n) is 23.5. The number of hydrogen-bond donors (Lipinski definition) is 3. The fourth-order valence-electron chi connectivity index (χ4n) is 10.2. The van der Waals surface area contributed by atoms with Crippen LogP contribution in [0.3, 0.4) is 0 Å². The number of carboxylic acids is 1. The molecule has 3 N–H and O–H groups in total. The second kappa shape index (κ2) is 58.8. The monoisotopic (exact) mass is 1170 g/mol. The van der Waals surface area contributed by atoms with Crippen LogP contribution in [0.4, 0.5) is 0 Å². The maximum atomic E-state index is 13.2. The molecule has 1 saturated heterocycles. The fourth-order valence-corrected chi connectivity index (χ4v) is 10.2. The Morgan fingerprint density at radius 3 is 1.12 bits per heavy atom. The van der Waals surface area contributed by atoms with Gasteiger partial charge in [-0.3, -0.25) is 14.4 Å². The van der Waals surface area contributed by atoms with Crippen molar-refractivity contribution in [1.29, 1.82) is 0 Å². The Morgan fingerprint density at radius 1 is 0.398 bits per heavy atom. The standard InChI is InChI=1S/C71H124O12/c1-4-7-10-13-16-19-22-25-28-31-32-35-38-41-44-47-50-53-56-59-65(74)82-69-67(76)66(75)68(70(77)78)83-71(69)80-61-62(81-64(73)58-55-52-49-46-43-40-37-34-30-27-24-21-18-15-12-9-6-3)60-79-63(72)57-54-51-48-45-42-39-36-33-29-26-23-20-17-14-11-8-5-2/h16-17,19-20,25-30,62,66-69,71,75-76H,4-15,18,21-24,31-61H2,1-3H3,(H,77,78)/b19-16-,20-17-,28-25-,29-26-,30-27-. The SMILES string of the molecule is CCCCC/C=C\C/C=C\CCCCCCCCCCCC(=O)OC1C(OCC(COC(=O)CCCCCCCCC/C=C\C/C=C\CCCCC)OC(=O)CCCCCCCCC/C=C\CCCCCCCC)OC(C(=O)O)C(O)C1O. The van der Waals surface area contributed by atoms with E-state index in [0.717, 1.165) is 109 Å². The number of carbonyl (C=O) groups excluding carboxylic acids is 3. The van der Waals surface area contributed by atoms with Crippen molar-refractivity contribution in [1.82, 2.24) is 0 Å². The van der Waals surface area contributed by atoms with Gasteiger partial charge in [-0.25, -0.2) is 4.79 Å². The van der Waals surface area contributed by atoms with Crippen LogP contribution in [0.15, 0.2) is 60.8 Å². The molecule has 1 aliphatic rings. The highest BCUT2D eigenvalue weighted by molar-refractivity contribution is 5.74. The van der Waals surface area contributed by atoms with Crippen LogP contribution in [0, 0.1) is 0 Å². The fraction of sp³-hybridized carbons (Fsp3) is 0.803. The van der Waals surface area contributed by atoms with E-state index in [1.165, 1.54) is 148 Å². The molecule has 0 radical (unpaired) electrons. The highest BCUT2D eigenvalue weighted by Gasteiger charge is 2.50. The lowest BCUT2D eigenvalue weighted by Gasteiger charge is -2.40. The zero-order valence-corrected chi connectivity index (χ0v) is 53.2. The molecule has 0 aliphatic carbocycles. The summed E-state index contributed by atoms with van der Waals surface area (Å²) in [5.41, 5.74) is 0. The zero-order chi connectivity index (χ0) is 60.3. The normalized spacial score (nSPS) is 17.9. The highest BCUT2D eigenvalue weighted by atomic mass is 16.7. The Hall–Kier alpha value is -3.58. The van der Waals surface area contributed by atoms with E-state index in [0.29, 0.717) is 19.3 Å². The van der Waals surface area contributed by atoms with Crippen molar-refractivity contribution < 1.29 is 58.2 Å². The number of allylic oxidation sites excluding steroid dienone is 10. The van der Waals surface area contributed by atoms with Gasteiger partial charge in [0.05, 0.1) is 6.61 Å². The Kier molecular flexibility index (Phi) is 54.8. The Bertz CT molecular complexity index is 1670. The van der Waals surface area contributed by atoms with Gasteiger partial charge < -0.3 is 39.0 Å². The van der Waals surface area contributed by atoms with E-state index < -0.39 is 67.3 Å². The summed E-state index contributed by atoms with van der Waals surface area (Å²) in [6, 6.07) is 0. The Labute approximate surface area is 506 Å². The molecule has 6 unspecified atom stereocenters. The molecule has 1 aliphatic heterocycles. The Morgan fingerprint density at radius 2 is 0.723 bits per heavy atom. The molecule has 12 heteroatoms. The van der Waals surface area contributed by atoms with E-state index in [1.807, 2.05) is 0 Å². The van der Waals surface area contributed by atoms with Crippen LogP contribution in [0.5, 0.6) is 0 Å². The molecule has 1 heterocycles. The van der Waals surface area contributed by atoms with Crippen LogP contribution in [0.25, 0.3) is 0 Å². The van der Waals surface area contributed by atoms with Gasteiger partial charge in [-0.2, -0.15) is 0 Å². The summed E-state index contributed by atoms with van der Waals surface area (Å²) in [4.78, 5) is 51.4. The molecule has 0 amide bonds. The smallest absolute Gasteiger partial charge is 0.335 e. The molecule has 83 heavy (non-hydrogen) atoms. The second-order valence-corrected chi connectivity index (χ2v) is 23.5. The minimum atomic E-state index is -1.91. The van der Waals surface area contributed by atoms with Gasteiger partial charge in [0.1, 0.15) is 18.8 Å². The van der Waals surface area contributed by atoms with Crippen molar-refractivity contribution in [3.8, 4) is 0 Å². The van der Waals surface area contributed by atoms with E-state index >= 15 is 0 Å². The maximum Gasteiger partial charge on any atom is 0.335 e. The highest BCUT2D eigenvalue weighted by Crippen LogP contribution is 2.27. The van der Waals surface area contributed by atoms with Gasteiger partial charge >= 0.3 is 23.9 Å². The molecule has 12 nitrogen and oxygen atoms in total. The van der Waals surface area contributed by atoms with Gasteiger partial charge in [0, 0.05) is 19.3 Å². The van der Waals surface area contributed by atoms with Crippen molar-refractivity contribution in [2.45, 2.75) is 353 Å². The van der Waals surface area contributed by atoms with E-state index in [2.05, 4.69) is 81.5 Å². The first-order valence-corrected chi connectivity index (χ1v) is 34.3. The number of rotatable bonds is 59. The van der Waals surface area contributed by atoms with Crippen LogP contribution < -0.4 is 0 Å². The van der Waals surface area contributed by atoms with Crippen LogP contribution in [0.1, 0.15) is 316 Å². The van der Waals surface area contributed by atoms with Crippen LogP contribution in [-0.2, 0) is 42.9 Å². The summed E-state index contributed by atoms with van der Waals surface area (Å²) in [5.74, 6) is -3.12. The quantitative estimate of drug-likeness (QED) is 0.0228. The minimum absolute atomic E-state index is 0.0549. The van der Waals surface area contributed by atoms with Crippen molar-refractivity contribution in [2.24, 2.45) is 0 Å². The third-order valence-corrected chi connectivity index (χ3v) is 15.5. The summed E-state index contributed by atoms with van der Waals surface area (Å²) in [6.45, 7) is 5.98. The van der Waals surface area contributed by atoms with Crippen LogP contribution >= 0.6 is 0 Å². The summed E-state index contributed by atoms with van der Waals surface area (Å²) in [6.07, 6.45) is 61.6. The van der Waals surface area contributed by atoms with E-state index in [9.17, 15) is 34.5 Å². The van der Waals surface area contributed by atoms with Crippen molar-refractivity contribution in [3.63, 3.8) is 0 Å². The molecule has 0 aromatic heterocycles. The van der Waals surface area contributed by atoms with E-state index in [4.69, 9.17) is 23.7 Å². The number of aliphatic carboxylic acids is 1. The predicted octanol–water partition coefficient (Wildman–Crippen LogP) is 18.7. The summed E-state index contributed by atoms with van der Waals surface area (Å²) < 4.78 is 28.6. The lowest BCUT2D eigenvalue weighted by atomic mass is 9.98. The molecule has 6 atom stereocenters. The molecule has 0 saturated carbocycles. The van der Waals surface area contributed by atoms with E-state index in [-0.39, 0.29) is 25.9 Å². The molecular weight excluding hydrogens is 1040 g/mol. The van der Waals surface area contributed by atoms with Gasteiger partial charge in [0.2, 0.25) is 0 Å². The first-order valence-electron chi connectivity index (χ1n) is 34.3. The molecule has 1 rings (SSSR count). The van der Waals surface area contributed by atoms with Crippen LogP contribution in [0.2, 0.25) is 0 Å². The van der Waals surface area contributed by atoms with Gasteiger partial charge in [-0.05, 0) is 109 Å². The molecule has 0 bridgehead atoms. The topological polar surface area (TPSA) is 175 Å². The zero-order valence-electron chi connectivity index (χ0n) is 53.2. The minimum Gasteiger partial charge on any atom is -0.479 e. The third-order valence-electron chi connectivity index (χ3n) is 15.5. The molecule has 0 aromatic rings.